The molecule has 0 N–H and O–H groups in total. The zero-order valence-electron chi connectivity index (χ0n) is 11.6. The lowest BCUT2D eigenvalue weighted by atomic mass is 10.0. The Morgan fingerprint density at radius 3 is 2.48 bits per heavy atom. The topological polar surface area (TPSA) is 35.5 Å². The molecule has 0 unspecified atom stereocenters. The summed E-state index contributed by atoms with van der Waals surface area (Å²) in [5.41, 5.74) is 1.90. The Morgan fingerprint density at radius 2 is 1.86 bits per heavy atom. The third-order valence-corrected chi connectivity index (χ3v) is 2.92. The van der Waals surface area contributed by atoms with Gasteiger partial charge in [-0.3, -0.25) is 0 Å². The van der Waals surface area contributed by atoms with Gasteiger partial charge in [0.25, 0.3) is 0 Å². The Morgan fingerprint density at radius 1 is 1.19 bits per heavy atom. The van der Waals surface area contributed by atoms with E-state index in [1.54, 1.807) is 36.4 Å². The van der Waals surface area contributed by atoms with Crippen LogP contribution >= 0.6 is 0 Å². The van der Waals surface area contributed by atoms with Gasteiger partial charge in [0.1, 0.15) is 23.7 Å². The second-order valence-electron chi connectivity index (χ2n) is 4.31. The molecule has 4 heteroatoms. The molecule has 0 amide bonds. The lowest BCUT2D eigenvalue weighted by molar-refractivity contribution is 0.0596. The van der Waals surface area contributed by atoms with E-state index in [9.17, 15) is 9.18 Å². The molecular weight excluding hydrogens is 271 g/mol. The van der Waals surface area contributed by atoms with Crippen molar-refractivity contribution in [2.75, 3.05) is 13.7 Å². The SMILES string of the molecule is C=CCOc1ccc(-c2ccc(F)cc2)cc1C(=O)OC. The van der Waals surface area contributed by atoms with Crippen molar-refractivity contribution < 1.29 is 18.7 Å². The Bertz CT molecular complexity index is 648. The summed E-state index contributed by atoms with van der Waals surface area (Å²) in [5.74, 6) is -0.372. The highest BCUT2D eigenvalue weighted by Crippen LogP contribution is 2.27. The van der Waals surface area contributed by atoms with Crippen molar-refractivity contribution >= 4 is 5.97 Å². The smallest absolute Gasteiger partial charge is 0.341 e. The van der Waals surface area contributed by atoms with Crippen LogP contribution in [0.15, 0.2) is 55.1 Å². The Labute approximate surface area is 122 Å². The van der Waals surface area contributed by atoms with Crippen molar-refractivity contribution in [2.24, 2.45) is 0 Å². The van der Waals surface area contributed by atoms with Crippen LogP contribution < -0.4 is 4.74 Å². The van der Waals surface area contributed by atoms with Gasteiger partial charge in [-0.1, -0.05) is 30.9 Å². The molecule has 0 aromatic heterocycles. The Hall–Kier alpha value is -2.62. The molecular formula is C17H15FO3. The number of benzene rings is 2. The molecule has 0 heterocycles. The van der Waals surface area contributed by atoms with Gasteiger partial charge in [-0.2, -0.15) is 0 Å². The average molecular weight is 286 g/mol. The van der Waals surface area contributed by atoms with Gasteiger partial charge in [0, 0.05) is 0 Å². The highest BCUT2D eigenvalue weighted by molar-refractivity contribution is 5.94. The van der Waals surface area contributed by atoms with Crippen LogP contribution in [0.4, 0.5) is 4.39 Å². The number of carbonyl (C=O) groups is 1. The molecule has 0 aliphatic rings. The van der Waals surface area contributed by atoms with Crippen molar-refractivity contribution in [1.29, 1.82) is 0 Å². The molecule has 0 saturated carbocycles. The van der Waals surface area contributed by atoms with Crippen molar-refractivity contribution in [2.45, 2.75) is 0 Å². The van der Waals surface area contributed by atoms with Crippen LogP contribution in [0.25, 0.3) is 11.1 Å². The summed E-state index contributed by atoms with van der Waals surface area (Å²) in [7, 11) is 1.31. The van der Waals surface area contributed by atoms with E-state index in [2.05, 4.69) is 6.58 Å². The first-order chi connectivity index (χ1) is 10.2. The lowest BCUT2D eigenvalue weighted by Crippen LogP contribution is -2.06. The monoisotopic (exact) mass is 286 g/mol. The number of ether oxygens (including phenoxy) is 2. The fourth-order valence-electron chi connectivity index (χ4n) is 1.90. The molecule has 0 aliphatic heterocycles. The van der Waals surface area contributed by atoms with Gasteiger partial charge in [-0.05, 0) is 35.4 Å². The molecule has 0 radical (unpaired) electrons. The maximum Gasteiger partial charge on any atom is 0.341 e. The molecule has 2 aromatic carbocycles. The summed E-state index contributed by atoms with van der Waals surface area (Å²) < 4.78 is 23.2. The van der Waals surface area contributed by atoms with Gasteiger partial charge in [-0.15, -0.1) is 0 Å². The van der Waals surface area contributed by atoms with E-state index in [-0.39, 0.29) is 5.82 Å². The molecule has 0 fully saturated rings. The molecule has 2 rings (SSSR count). The molecule has 0 aliphatic carbocycles. The van der Waals surface area contributed by atoms with Crippen LogP contribution in [0.2, 0.25) is 0 Å². The van der Waals surface area contributed by atoms with Crippen LogP contribution in [0.3, 0.4) is 0 Å². The summed E-state index contributed by atoms with van der Waals surface area (Å²) in [4.78, 5) is 11.8. The van der Waals surface area contributed by atoms with Crippen molar-refractivity contribution in [3.8, 4) is 16.9 Å². The van der Waals surface area contributed by atoms with Gasteiger partial charge in [0.15, 0.2) is 0 Å². The van der Waals surface area contributed by atoms with Crippen LogP contribution in [0.5, 0.6) is 5.75 Å². The predicted molar refractivity (Wildman–Crippen MR) is 78.9 cm³/mol. The molecule has 0 atom stereocenters. The zero-order chi connectivity index (χ0) is 15.2. The van der Waals surface area contributed by atoms with Gasteiger partial charge in [0.2, 0.25) is 0 Å². The maximum absolute atomic E-state index is 13.0. The second kappa shape index (κ2) is 6.70. The van der Waals surface area contributed by atoms with Crippen LogP contribution in [0, 0.1) is 5.82 Å². The van der Waals surface area contributed by atoms with E-state index in [0.717, 1.165) is 11.1 Å². The normalized spacial score (nSPS) is 10.0. The number of methoxy groups -OCH3 is 1. The first-order valence-electron chi connectivity index (χ1n) is 6.37. The second-order valence-corrected chi connectivity index (χ2v) is 4.31. The average Bonchev–Trinajstić information content (AvgIpc) is 2.53. The zero-order valence-corrected chi connectivity index (χ0v) is 11.6. The van der Waals surface area contributed by atoms with Gasteiger partial charge in [0.05, 0.1) is 7.11 Å². The number of esters is 1. The summed E-state index contributed by atoms with van der Waals surface area (Å²) >= 11 is 0. The third kappa shape index (κ3) is 3.48. The molecule has 2 aromatic rings. The molecule has 0 saturated heterocycles. The first kappa shape index (κ1) is 14.8. The fraction of sp³-hybridized carbons (Fsp3) is 0.118. The van der Waals surface area contributed by atoms with Crippen LogP contribution in [0.1, 0.15) is 10.4 Å². The van der Waals surface area contributed by atoms with Gasteiger partial charge < -0.3 is 9.47 Å². The van der Waals surface area contributed by atoms with Gasteiger partial charge in [-0.25, -0.2) is 9.18 Å². The van der Waals surface area contributed by atoms with E-state index in [4.69, 9.17) is 9.47 Å². The first-order valence-corrected chi connectivity index (χ1v) is 6.37. The maximum atomic E-state index is 13.0. The Balaban J connectivity index is 2.42. The van der Waals surface area contributed by atoms with E-state index in [1.165, 1.54) is 19.2 Å². The fourth-order valence-corrected chi connectivity index (χ4v) is 1.90. The van der Waals surface area contributed by atoms with Crippen molar-refractivity contribution in [3.63, 3.8) is 0 Å². The van der Waals surface area contributed by atoms with E-state index >= 15 is 0 Å². The van der Waals surface area contributed by atoms with E-state index < -0.39 is 5.97 Å². The van der Waals surface area contributed by atoms with E-state index in [0.29, 0.717) is 17.9 Å². The number of halogens is 1. The van der Waals surface area contributed by atoms with E-state index in [1.807, 2.05) is 0 Å². The molecule has 0 spiro atoms. The van der Waals surface area contributed by atoms with Gasteiger partial charge >= 0.3 is 5.97 Å². The highest BCUT2D eigenvalue weighted by atomic mass is 19.1. The lowest BCUT2D eigenvalue weighted by Gasteiger charge is -2.11. The number of hydrogen-bond donors (Lipinski definition) is 0. The summed E-state index contributed by atoms with van der Waals surface area (Å²) in [5, 5.41) is 0. The number of carbonyl (C=O) groups excluding carboxylic acids is 1. The summed E-state index contributed by atoms with van der Waals surface area (Å²) in [6.07, 6.45) is 1.59. The largest absolute Gasteiger partial charge is 0.489 e. The number of rotatable bonds is 5. The number of hydrogen-bond acceptors (Lipinski definition) is 3. The quantitative estimate of drug-likeness (QED) is 0.618. The molecule has 0 bridgehead atoms. The van der Waals surface area contributed by atoms with Crippen molar-refractivity contribution in [3.05, 3.63) is 66.5 Å². The summed E-state index contributed by atoms with van der Waals surface area (Å²) in [6, 6.07) is 11.2. The molecule has 3 nitrogen and oxygen atoms in total. The minimum Gasteiger partial charge on any atom is -0.489 e. The summed E-state index contributed by atoms with van der Waals surface area (Å²) in [6.45, 7) is 3.86. The third-order valence-electron chi connectivity index (χ3n) is 2.92. The van der Waals surface area contributed by atoms with Crippen LogP contribution in [-0.2, 0) is 4.74 Å². The minimum atomic E-state index is -0.488. The molecule has 21 heavy (non-hydrogen) atoms. The Kier molecular flexibility index (Phi) is 4.72. The minimum absolute atomic E-state index is 0.292. The highest BCUT2D eigenvalue weighted by Gasteiger charge is 2.14. The predicted octanol–water partition coefficient (Wildman–Crippen LogP) is 3.84. The molecule has 108 valence electrons. The van der Waals surface area contributed by atoms with Crippen LogP contribution in [-0.4, -0.2) is 19.7 Å². The van der Waals surface area contributed by atoms with Crippen molar-refractivity contribution in [1.82, 2.24) is 0 Å². The standard InChI is InChI=1S/C17H15FO3/c1-3-10-21-16-9-6-13(11-15(16)17(19)20-2)12-4-7-14(18)8-5-12/h3-9,11H,1,10H2,2H3.